The Labute approximate surface area is 141 Å². The standard InChI is InChI=1S/C18H23FN2O3/c19-15-5-3-14(4-6-15)16(22)2-1-11-21-12-8-18(9-13-21)7-10-20-17(23)24-18/h3-6H,1-2,7-13H2,(H,20,23). The van der Waals surface area contributed by atoms with Crippen molar-refractivity contribution in [3.05, 3.63) is 35.6 Å². The Hall–Kier alpha value is -1.95. The van der Waals surface area contributed by atoms with Gasteiger partial charge in [-0.1, -0.05) is 0 Å². The first-order chi connectivity index (χ1) is 11.6. The number of carbonyl (C=O) groups is 2. The number of rotatable bonds is 5. The molecule has 1 N–H and O–H groups in total. The summed E-state index contributed by atoms with van der Waals surface area (Å²) in [6, 6.07) is 5.71. The lowest BCUT2D eigenvalue weighted by atomic mass is 9.87. The van der Waals surface area contributed by atoms with Crippen LogP contribution in [0.5, 0.6) is 0 Å². The Bertz CT molecular complexity index is 595. The van der Waals surface area contributed by atoms with Crippen LogP contribution in [0.2, 0.25) is 0 Å². The molecule has 0 atom stereocenters. The minimum atomic E-state index is -0.326. The maximum Gasteiger partial charge on any atom is 0.407 e. The quantitative estimate of drug-likeness (QED) is 0.841. The molecule has 6 heteroatoms. The number of amides is 1. The maximum absolute atomic E-state index is 12.9. The topological polar surface area (TPSA) is 58.6 Å². The highest BCUT2D eigenvalue weighted by Gasteiger charge is 2.40. The summed E-state index contributed by atoms with van der Waals surface area (Å²) in [7, 11) is 0. The molecule has 0 aliphatic carbocycles. The van der Waals surface area contributed by atoms with Crippen LogP contribution >= 0.6 is 0 Å². The lowest BCUT2D eigenvalue weighted by Crippen LogP contribution is -2.53. The zero-order chi connectivity index (χ0) is 17.0. The molecule has 0 bridgehead atoms. The van der Waals surface area contributed by atoms with Crippen molar-refractivity contribution < 1.29 is 18.7 Å². The van der Waals surface area contributed by atoms with Crippen molar-refractivity contribution in [2.75, 3.05) is 26.2 Å². The molecule has 0 unspecified atom stereocenters. The van der Waals surface area contributed by atoms with E-state index in [1.165, 1.54) is 24.3 Å². The van der Waals surface area contributed by atoms with E-state index in [1.807, 2.05) is 0 Å². The van der Waals surface area contributed by atoms with Crippen molar-refractivity contribution in [2.24, 2.45) is 0 Å². The first-order valence-corrected chi connectivity index (χ1v) is 8.54. The first-order valence-electron chi connectivity index (χ1n) is 8.54. The highest BCUT2D eigenvalue weighted by atomic mass is 19.1. The second-order valence-electron chi connectivity index (χ2n) is 6.62. The second kappa shape index (κ2) is 7.30. The molecule has 1 aromatic rings. The molecule has 2 aliphatic heterocycles. The molecule has 1 amide bonds. The number of alkyl carbamates (subject to hydrolysis) is 1. The van der Waals surface area contributed by atoms with Gasteiger partial charge in [-0.05, 0) is 37.2 Å². The molecule has 24 heavy (non-hydrogen) atoms. The fraction of sp³-hybridized carbons (Fsp3) is 0.556. The normalized spacial score (nSPS) is 20.5. The van der Waals surface area contributed by atoms with Gasteiger partial charge < -0.3 is 15.0 Å². The molecule has 0 radical (unpaired) electrons. The number of nitrogens with one attached hydrogen (secondary N) is 1. The number of ether oxygens (including phenoxy) is 1. The monoisotopic (exact) mass is 334 g/mol. The molecule has 1 aromatic carbocycles. The van der Waals surface area contributed by atoms with Crippen LogP contribution in [0, 0.1) is 5.82 Å². The van der Waals surface area contributed by atoms with Gasteiger partial charge in [-0.2, -0.15) is 0 Å². The predicted octanol–water partition coefficient (Wildman–Crippen LogP) is 2.75. The van der Waals surface area contributed by atoms with Crippen molar-refractivity contribution in [3.63, 3.8) is 0 Å². The van der Waals surface area contributed by atoms with Crippen molar-refractivity contribution >= 4 is 11.9 Å². The molecule has 3 rings (SSSR count). The Balaban J connectivity index is 1.40. The van der Waals surface area contributed by atoms with Crippen molar-refractivity contribution in [3.8, 4) is 0 Å². The number of likely N-dealkylation sites (tertiary alicyclic amines) is 1. The van der Waals surface area contributed by atoms with E-state index in [0.717, 1.165) is 45.3 Å². The molecule has 2 heterocycles. The largest absolute Gasteiger partial charge is 0.443 e. The Kier molecular flexibility index (Phi) is 5.14. The van der Waals surface area contributed by atoms with E-state index in [9.17, 15) is 14.0 Å². The number of halogens is 1. The predicted molar refractivity (Wildman–Crippen MR) is 87.5 cm³/mol. The Morgan fingerprint density at radius 1 is 1.21 bits per heavy atom. The summed E-state index contributed by atoms with van der Waals surface area (Å²) in [5.41, 5.74) is 0.276. The van der Waals surface area contributed by atoms with Gasteiger partial charge in [-0.25, -0.2) is 9.18 Å². The van der Waals surface area contributed by atoms with Gasteiger partial charge in [0, 0.05) is 50.9 Å². The summed E-state index contributed by atoms with van der Waals surface area (Å²) >= 11 is 0. The van der Waals surface area contributed by atoms with E-state index in [2.05, 4.69) is 10.2 Å². The van der Waals surface area contributed by atoms with E-state index in [4.69, 9.17) is 4.74 Å². The van der Waals surface area contributed by atoms with Gasteiger partial charge >= 0.3 is 6.09 Å². The number of piperidine rings is 1. The number of nitrogens with zero attached hydrogens (tertiary/aromatic N) is 1. The number of hydrogen-bond donors (Lipinski definition) is 1. The van der Waals surface area contributed by atoms with Gasteiger partial charge in [0.1, 0.15) is 11.4 Å². The summed E-state index contributed by atoms with van der Waals surface area (Å²) in [5, 5.41) is 2.69. The average Bonchev–Trinajstić information content (AvgIpc) is 2.57. The highest BCUT2D eigenvalue weighted by Crippen LogP contribution is 2.31. The minimum Gasteiger partial charge on any atom is -0.443 e. The minimum absolute atomic E-state index is 0.0516. The summed E-state index contributed by atoms with van der Waals surface area (Å²) in [4.78, 5) is 25.8. The van der Waals surface area contributed by atoms with Crippen LogP contribution in [0.1, 0.15) is 42.5 Å². The number of ketones is 1. The molecular weight excluding hydrogens is 311 g/mol. The lowest BCUT2D eigenvalue weighted by molar-refractivity contribution is -0.0544. The van der Waals surface area contributed by atoms with E-state index < -0.39 is 0 Å². The van der Waals surface area contributed by atoms with Gasteiger partial charge in [-0.15, -0.1) is 0 Å². The van der Waals surface area contributed by atoms with E-state index in [1.54, 1.807) is 0 Å². The fourth-order valence-electron chi connectivity index (χ4n) is 3.46. The van der Waals surface area contributed by atoms with Crippen LogP contribution in [0.15, 0.2) is 24.3 Å². The molecule has 2 saturated heterocycles. The molecule has 2 fully saturated rings. The first kappa shape index (κ1) is 16.9. The van der Waals surface area contributed by atoms with Gasteiger partial charge in [-0.3, -0.25) is 4.79 Å². The molecule has 0 aromatic heterocycles. The summed E-state index contributed by atoms with van der Waals surface area (Å²) in [5.74, 6) is -0.275. The number of Topliss-reactive ketones (excluding diaryl/α,β-unsaturated/α-hetero) is 1. The molecule has 1 spiro atoms. The third-order valence-corrected chi connectivity index (χ3v) is 4.97. The van der Waals surface area contributed by atoms with Crippen molar-refractivity contribution in [1.29, 1.82) is 0 Å². The van der Waals surface area contributed by atoms with Crippen molar-refractivity contribution in [1.82, 2.24) is 10.2 Å². The molecule has 0 saturated carbocycles. The lowest BCUT2D eigenvalue weighted by Gasteiger charge is -2.43. The number of hydrogen-bond acceptors (Lipinski definition) is 4. The van der Waals surface area contributed by atoms with Crippen molar-refractivity contribution in [2.45, 2.75) is 37.7 Å². The average molecular weight is 334 g/mol. The van der Waals surface area contributed by atoms with E-state index >= 15 is 0 Å². The maximum atomic E-state index is 12.9. The van der Waals surface area contributed by atoms with Gasteiger partial charge in [0.2, 0.25) is 0 Å². The van der Waals surface area contributed by atoms with Crippen LogP contribution in [0.3, 0.4) is 0 Å². The molecule has 2 aliphatic rings. The zero-order valence-electron chi connectivity index (χ0n) is 13.7. The molecule has 130 valence electrons. The van der Waals surface area contributed by atoms with Crippen LogP contribution in [-0.4, -0.2) is 48.6 Å². The SMILES string of the molecule is O=C1NCCC2(CCN(CCCC(=O)c3ccc(F)cc3)CC2)O1. The van der Waals surface area contributed by atoms with Crippen LogP contribution in [-0.2, 0) is 4.74 Å². The van der Waals surface area contributed by atoms with E-state index in [0.29, 0.717) is 18.5 Å². The fourth-order valence-corrected chi connectivity index (χ4v) is 3.46. The van der Waals surface area contributed by atoms with Crippen LogP contribution in [0.25, 0.3) is 0 Å². The molecule has 5 nitrogen and oxygen atoms in total. The zero-order valence-corrected chi connectivity index (χ0v) is 13.7. The third kappa shape index (κ3) is 4.12. The Morgan fingerprint density at radius 2 is 1.92 bits per heavy atom. The number of carbonyl (C=O) groups excluding carboxylic acids is 2. The molecular formula is C18H23FN2O3. The van der Waals surface area contributed by atoms with E-state index in [-0.39, 0.29) is 23.3 Å². The van der Waals surface area contributed by atoms with Gasteiger partial charge in [0.25, 0.3) is 0 Å². The van der Waals surface area contributed by atoms with Crippen LogP contribution in [0.4, 0.5) is 9.18 Å². The smallest absolute Gasteiger partial charge is 0.407 e. The Morgan fingerprint density at radius 3 is 2.58 bits per heavy atom. The van der Waals surface area contributed by atoms with Crippen LogP contribution < -0.4 is 5.32 Å². The summed E-state index contributed by atoms with van der Waals surface area (Å²) < 4.78 is 18.4. The highest BCUT2D eigenvalue weighted by molar-refractivity contribution is 5.95. The van der Waals surface area contributed by atoms with Gasteiger partial charge in [0.05, 0.1) is 0 Å². The summed E-state index contributed by atoms with van der Waals surface area (Å²) in [6.07, 6.45) is 3.52. The number of benzene rings is 1. The second-order valence-corrected chi connectivity index (χ2v) is 6.62. The third-order valence-electron chi connectivity index (χ3n) is 4.97. The summed E-state index contributed by atoms with van der Waals surface area (Å²) in [6.45, 7) is 3.32. The van der Waals surface area contributed by atoms with Gasteiger partial charge in [0.15, 0.2) is 5.78 Å².